The van der Waals surface area contributed by atoms with Crippen LogP contribution in [-0.2, 0) is 0 Å². The summed E-state index contributed by atoms with van der Waals surface area (Å²) < 4.78 is 4.86. The predicted octanol–water partition coefficient (Wildman–Crippen LogP) is 13.8. The molecule has 260 valence electrons. The molecule has 0 saturated carbocycles. The van der Waals surface area contributed by atoms with Gasteiger partial charge in [-0.25, -0.2) is 4.98 Å². The summed E-state index contributed by atoms with van der Waals surface area (Å²) >= 11 is 1.86. The van der Waals surface area contributed by atoms with E-state index in [1.54, 1.807) is 0 Å². The zero-order valence-corrected chi connectivity index (χ0v) is 30.8. The van der Waals surface area contributed by atoms with E-state index < -0.39 is 0 Å². The van der Waals surface area contributed by atoms with E-state index >= 15 is 0 Å². The number of aromatic nitrogens is 4. The lowest BCUT2D eigenvalue weighted by Gasteiger charge is -2.13. The highest BCUT2D eigenvalue weighted by atomic mass is 32.1. The van der Waals surface area contributed by atoms with Crippen LogP contribution >= 0.6 is 11.3 Å². The Hall–Kier alpha value is -7.21. The third kappa shape index (κ3) is 4.75. The fourth-order valence-corrected chi connectivity index (χ4v) is 9.73. The van der Waals surface area contributed by atoms with Crippen molar-refractivity contribution in [2.75, 3.05) is 0 Å². The Morgan fingerprint density at radius 1 is 0.375 bits per heavy atom. The maximum Gasteiger partial charge on any atom is 0.238 e. The van der Waals surface area contributed by atoms with Crippen LogP contribution in [0.2, 0.25) is 0 Å². The van der Waals surface area contributed by atoms with Gasteiger partial charge in [0.25, 0.3) is 0 Å². The van der Waals surface area contributed by atoms with Crippen molar-refractivity contribution in [3.8, 4) is 39.9 Å². The summed E-state index contributed by atoms with van der Waals surface area (Å²) in [5, 5.41) is 12.2. The molecule has 4 nitrogen and oxygen atoms in total. The SMILES string of the molecule is c1ccc(-c2nc(-c3ccc4ccccc4c3)nc(-n3c4ccc5ccccc5c4c4cccc(-c5ccc6sc7ccc8ccccc8c7c6c5)c43)n2)cc1. The topological polar surface area (TPSA) is 43.6 Å². The Morgan fingerprint density at radius 3 is 1.82 bits per heavy atom. The van der Waals surface area contributed by atoms with Crippen molar-refractivity contribution in [3.05, 3.63) is 182 Å². The smallest absolute Gasteiger partial charge is 0.238 e. The van der Waals surface area contributed by atoms with Crippen molar-refractivity contribution in [3.63, 3.8) is 0 Å². The molecule has 9 aromatic carbocycles. The van der Waals surface area contributed by atoms with Crippen molar-refractivity contribution in [1.82, 2.24) is 19.5 Å². The summed E-state index contributed by atoms with van der Waals surface area (Å²) in [6.45, 7) is 0. The van der Waals surface area contributed by atoms with Crippen LogP contribution in [0.5, 0.6) is 0 Å². The molecule has 0 aliphatic carbocycles. The van der Waals surface area contributed by atoms with E-state index in [0.717, 1.165) is 44.1 Å². The average Bonchev–Trinajstić information content (AvgIpc) is 3.82. The fraction of sp³-hybridized carbons (Fsp3) is 0. The second-order valence-electron chi connectivity index (χ2n) is 14.4. The zero-order valence-electron chi connectivity index (χ0n) is 30.0. The van der Waals surface area contributed by atoms with Gasteiger partial charge in [0.1, 0.15) is 0 Å². The molecular weight excluding hydrogens is 701 g/mol. The Bertz CT molecular complexity index is 3540. The zero-order chi connectivity index (χ0) is 36.7. The molecule has 0 spiro atoms. The van der Waals surface area contributed by atoms with E-state index in [9.17, 15) is 0 Å². The predicted molar refractivity (Wildman–Crippen MR) is 236 cm³/mol. The molecule has 0 N–H and O–H groups in total. The van der Waals surface area contributed by atoms with Crippen molar-refractivity contribution < 1.29 is 0 Å². The summed E-state index contributed by atoms with van der Waals surface area (Å²) in [6, 6.07) is 65.0. The largest absolute Gasteiger partial charge is 0.277 e. The van der Waals surface area contributed by atoms with Gasteiger partial charge in [0.2, 0.25) is 5.95 Å². The Morgan fingerprint density at radius 2 is 1.00 bits per heavy atom. The monoisotopic (exact) mass is 730 g/mol. The number of thiophene rings is 1. The number of benzene rings is 9. The second-order valence-corrected chi connectivity index (χ2v) is 15.5. The van der Waals surface area contributed by atoms with Gasteiger partial charge in [-0.15, -0.1) is 11.3 Å². The molecule has 0 amide bonds. The second kappa shape index (κ2) is 12.2. The van der Waals surface area contributed by atoms with Crippen LogP contribution in [0.25, 0.3) is 114 Å². The summed E-state index contributed by atoms with van der Waals surface area (Å²) in [4.78, 5) is 15.8. The third-order valence-electron chi connectivity index (χ3n) is 11.2. The van der Waals surface area contributed by atoms with Gasteiger partial charge in [-0.1, -0.05) is 152 Å². The van der Waals surface area contributed by atoms with Crippen LogP contribution in [0.3, 0.4) is 0 Å². The lowest BCUT2D eigenvalue weighted by Crippen LogP contribution is -2.07. The highest BCUT2D eigenvalue weighted by Gasteiger charge is 2.22. The van der Waals surface area contributed by atoms with Gasteiger partial charge in [-0.3, -0.25) is 4.57 Å². The molecule has 0 saturated heterocycles. The van der Waals surface area contributed by atoms with Crippen molar-refractivity contribution in [2.24, 2.45) is 0 Å². The maximum atomic E-state index is 5.35. The molecular formula is C51H30N4S. The highest BCUT2D eigenvalue weighted by Crippen LogP contribution is 2.44. The van der Waals surface area contributed by atoms with E-state index in [-0.39, 0.29) is 0 Å². The van der Waals surface area contributed by atoms with Crippen LogP contribution in [0.15, 0.2) is 182 Å². The number of para-hydroxylation sites is 1. The van der Waals surface area contributed by atoms with Gasteiger partial charge in [-0.2, -0.15) is 9.97 Å². The lowest BCUT2D eigenvalue weighted by molar-refractivity contribution is 0.954. The molecule has 12 aromatic rings. The molecule has 0 radical (unpaired) electrons. The van der Waals surface area contributed by atoms with Crippen LogP contribution in [-0.4, -0.2) is 19.5 Å². The maximum absolute atomic E-state index is 5.35. The number of rotatable bonds is 4. The van der Waals surface area contributed by atoms with Crippen molar-refractivity contribution in [2.45, 2.75) is 0 Å². The minimum atomic E-state index is 0.581. The summed E-state index contributed by atoms with van der Waals surface area (Å²) in [6.07, 6.45) is 0. The van der Waals surface area contributed by atoms with Gasteiger partial charge in [0.15, 0.2) is 11.6 Å². The molecule has 0 atom stereocenters. The van der Waals surface area contributed by atoms with E-state index in [2.05, 4.69) is 168 Å². The van der Waals surface area contributed by atoms with Gasteiger partial charge >= 0.3 is 0 Å². The molecule has 5 heteroatoms. The van der Waals surface area contributed by atoms with E-state index in [1.807, 2.05) is 29.5 Å². The first-order chi connectivity index (χ1) is 27.7. The van der Waals surface area contributed by atoms with Crippen molar-refractivity contribution in [1.29, 1.82) is 0 Å². The van der Waals surface area contributed by atoms with Gasteiger partial charge in [-0.05, 0) is 68.2 Å². The quantitative estimate of drug-likeness (QED) is 0.181. The first-order valence-electron chi connectivity index (χ1n) is 18.9. The van der Waals surface area contributed by atoms with E-state index in [1.165, 1.54) is 52.5 Å². The van der Waals surface area contributed by atoms with Crippen LogP contribution < -0.4 is 0 Å². The Kier molecular flexibility index (Phi) is 6.76. The number of hydrogen-bond acceptors (Lipinski definition) is 4. The van der Waals surface area contributed by atoms with Crippen LogP contribution in [0.4, 0.5) is 0 Å². The number of fused-ring (bicyclic) bond motifs is 11. The van der Waals surface area contributed by atoms with Gasteiger partial charge in [0, 0.05) is 47.6 Å². The average molecular weight is 731 g/mol. The molecule has 0 bridgehead atoms. The Balaban J connectivity index is 1.19. The summed E-state index contributed by atoms with van der Waals surface area (Å²) in [7, 11) is 0. The molecule has 0 fully saturated rings. The minimum absolute atomic E-state index is 0.581. The van der Waals surface area contributed by atoms with E-state index in [0.29, 0.717) is 17.6 Å². The molecule has 0 unspecified atom stereocenters. The standard InChI is InChI=1S/C51H30N4S/c1-2-14-34(15-3-1)49-52-50(37-22-21-31-11-4-5-16-35(31)29-37)54-51(53-49)55-43-26-23-32-12-6-8-17-38(32)46(43)41-20-10-19-40(48(41)55)36-25-27-44-42(30-36)47-39-18-9-7-13-33(39)24-28-45(47)56-44/h1-30H. The van der Waals surface area contributed by atoms with E-state index in [4.69, 9.17) is 15.0 Å². The molecule has 3 heterocycles. The van der Waals surface area contributed by atoms with Gasteiger partial charge < -0.3 is 0 Å². The summed E-state index contributed by atoms with van der Waals surface area (Å²) in [5.41, 5.74) is 6.27. The normalized spacial score (nSPS) is 11.9. The van der Waals surface area contributed by atoms with Gasteiger partial charge in [0.05, 0.1) is 11.0 Å². The third-order valence-corrected chi connectivity index (χ3v) is 12.3. The molecule has 3 aromatic heterocycles. The van der Waals surface area contributed by atoms with Crippen LogP contribution in [0.1, 0.15) is 0 Å². The van der Waals surface area contributed by atoms with Crippen molar-refractivity contribution >= 4 is 85.6 Å². The highest BCUT2D eigenvalue weighted by molar-refractivity contribution is 7.26. The first-order valence-corrected chi connectivity index (χ1v) is 19.7. The molecule has 56 heavy (non-hydrogen) atoms. The molecule has 0 aliphatic rings. The minimum Gasteiger partial charge on any atom is -0.277 e. The number of nitrogens with zero attached hydrogens (tertiary/aromatic N) is 4. The fourth-order valence-electron chi connectivity index (χ4n) is 8.63. The van der Waals surface area contributed by atoms with Crippen LogP contribution in [0, 0.1) is 0 Å². The molecule has 12 rings (SSSR count). The lowest BCUT2D eigenvalue weighted by atomic mass is 9.97. The summed E-state index contributed by atoms with van der Waals surface area (Å²) in [5.74, 6) is 1.84. The molecule has 0 aliphatic heterocycles. The first kappa shape index (κ1) is 31.2. The number of hydrogen-bond donors (Lipinski definition) is 0. The Labute approximate surface area is 325 Å².